The summed E-state index contributed by atoms with van der Waals surface area (Å²) in [5, 5.41) is 4.06. The van der Waals surface area contributed by atoms with Crippen molar-refractivity contribution in [2.24, 2.45) is 11.8 Å². The number of aromatic nitrogens is 2. The summed E-state index contributed by atoms with van der Waals surface area (Å²) in [6.45, 7) is 2.30. The van der Waals surface area contributed by atoms with E-state index >= 15 is 0 Å². The lowest BCUT2D eigenvalue weighted by Gasteiger charge is -2.23. The van der Waals surface area contributed by atoms with Crippen LogP contribution in [0.3, 0.4) is 0 Å². The molecule has 4 nitrogen and oxygen atoms in total. The van der Waals surface area contributed by atoms with E-state index in [2.05, 4.69) is 17.1 Å². The van der Waals surface area contributed by atoms with Gasteiger partial charge in [0.2, 0.25) is 5.89 Å². The van der Waals surface area contributed by atoms with Gasteiger partial charge in [-0.15, -0.1) is 0 Å². The van der Waals surface area contributed by atoms with Crippen LogP contribution in [0.1, 0.15) is 63.1 Å². The highest BCUT2D eigenvalue weighted by Gasteiger charge is 2.31. The highest BCUT2D eigenvalue weighted by atomic mass is 16.5. The molecule has 1 aromatic rings. The third-order valence-electron chi connectivity index (χ3n) is 4.22. The van der Waals surface area contributed by atoms with Crippen LogP contribution in [-0.4, -0.2) is 15.9 Å². The van der Waals surface area contributed by atoms with Crippen molar-refractivity contribution in [2.45, 2.75) is 57.8 Å². The van der Waals surface area contributed by atoms with E-state index in [1.807, 2.05) is 0 Å². The van der Waals surface area contributed by atoms with Gasteiger partial charge in [0.05, 0.1) is 6.42 Å². The fourth-order valence-electron chi connectivity index (χ4n) is 2.72. The fraction of sp³-hybridized carbons (Fsp3) is 0.786. The van der Waals surface area contributed by atoms with E-state index in [0.29, 0.717) is 18.2 Å². The summed E-state index contributed by atoms with van der Waals surface area (Å²) >= 11 is 0. The molecule has 0 aromatic carbocycles. The molecule has 0 spiro atoms. The molecule has 2 fully saturated rings. The molecule has 0 bridgehead atoms. The summed E-state index contributed by atoms with van der Waals surface area (Å²) < 4.78 is 5.21. The zero-order valence-corrected chi connectivity index (χ0v) is 10.9. The summed E-state index contributed by atoms with van der Waals surface area (Å²) in [5.41, 5.74) is 0. The zero-order chi connectivity index (χ0) is 12.5. The van der Waals surface area contributed by atoms with Crippen LogP contribution in [-0.2, 0) is 11.2 Å². The second-order valence-corrected chi connectivity index (χ2v) is 5.92. The maximum Gasteiger partial charge on any atom is 0.234 e. The minimum absolute atomic E-state index is 0.266. The average molecular weight is 248 g/mol. The first-order chi connectivity index (χ1) is 8.72. The zero-order valence-electron chi connectivity index (χ0n) is 10.9. The quantitative estimate of drug-likeness (QED) is 0.822. The van der Waals surface area contributed by atoms with Crippen molar-refractivity contribution in [3.05, 3.63) is 11.7 Å². The van der Waals surface area contributed by atoms with Gasteiger partial charge in [-0.1, -0.05) is 24.9 Å². The molecule has 1 aromatic heterocycles. The van der Waals surface area contributed by atoms with Gasteiger partial charge in [0.25, 0.3) is 0 Å². The Morgan fingerprint density at radius 1 is 1.22 bits per heavy atom. The highest BCUT2D eigenvalue weighted by Crippen LogP contribution is 2.34. The van der Waals surface area contributed by atoms with Crippen molar-refractivity contribution in [1.29, 1.82) is 0 Å². The Labute approximate surface area is 107 Å². The molecule has 18 heavy (non-hydrogen) atoms. The lowest BCUT2D eigenvalue weighted by atomic mass is 9.83. The van der Waals surface area contributed by atoms with Crippen LogP contribution in [0.25, 0.3) is 0 Å². The first-order valence-corrected chi connectivity index (χ1v) is 7.07. The molecule has 2 saturated carbocycles. The number of hydrogen-bond donors (Lipinski definition) is 0. The van der Waals surface area contributed by atoms with Gasteiger partial charge in [-0.25, -0.2) is 0 Å². The minimum atomic E-state index is 0.266. The topological polar surface area (TPSA) is 56.0 Å². The predicted octanol–water partition coefficient (Wildman–Crippen LogP) is 2.88. The lowest BCUT2D eigenvalue weighted by molar-refractivity contribution is -0.119. The molecule has 0 unspecified atom stereocenters. The molecule has 0 aliphatic heterocycles. The molecule has 4 heteroatoms. The van der Waals surface area contributed by atoms with Crippen LogP contribution in [0.4, 0.5) is 0 Å². The standard InChI is InChI=1S/C14H20N2O2/c1-9-2-4-11(5-3-9)14-15-13(18-16-14)8-12(17)10-6-7-10/h9-11H,2-8H2,1H3. The summed E-state index contributed by atoms with van der Waals surface area (Å²) in [5.74, 6) is 3.14. The van der Waals surface area contributed by atoms with Crippen LogP contribution >= 0.6 is 0 Å². The van der Waals surface area contributed by atoms with Gasteiger partial charge in [0, 0.05) is 11.8 Å². The highest BCUT2D eigenvalue weighted by molar-refractivity contribution is 5.84. The van der Waals surface area contributed by atoms with Gasteiger partial charge < -0.3 is 4.52 Å². The molecular formula is C14H20N2O2. The largest absolute Gasteiger partial charge is 0.339 e. The maximum absolute atomic E-state index is 11.7. The number of carbonyl (C=O) groups excluding carboxylic acids is 1. The Balaban J connectivity index is 1.60. The molecule has 0 atom stereocenters. The molecule has 1 heterocycles. The van der Waals surface area contributed by atoms with Crippen LogP contribution in [0.15, 0.2) is 4.52 Å². The average Bonchev–Trinajstić information content (AvgIpc) is 3.12. The summed E-state index contributed by atoms with van der Waals surface area (Å²) in [6.07, 6.45) is 7.21. The van der Waals surface area contributed by atoms with Gasteiger partial charge >= 0.3 is 0 Å². The number of nitrogens with zero attached hydrogens (tertiary/aromatic N) is 2. The van der Waals surface area contributed by atoms with Crippen LogP contribution in [0, 0.1) is 11.8 Å². The van der Waals surface area contributed by atoms with Gasteiger partial charge in [-0.2, -0.15) is 4.98 Å². The van der Waals surface area contributed by atoms with Crippen LogP contribution in [0.2, 0.25) is 0 Å². The second kappa shape index (κ2) is 4.82. The number of hydrogen-bond acceptors (Lipinski definition) is 4. The monoisotopic (exact) mass is 248 g/mol. The molecular weight excluding hydrogens is 228 g/mol. The van der Waals surface area contributed by atoms with E-state index in [0.717, 1.165) is 37.4 Å². The van der Waals surface area contributed by atoms with Crippen molar-refractivity contribution in [3.63, 3.8) is 0 Å². The number of ketones is 1. The Kier molecular flexibility index (Phi) is 3.18. The normalized spacial score (nSPS) is 28.3. The number of rotatable bonds is 4. The Bertz CT molecular complexity index is 429. The van der Waals surface area contributed by atoms with Gasteiger partial charge in [-0.05, 0) is 31.6 Å². The van der Waals surface area contributed by atoms with Gasteiger partial charge in [0.1, 0.15) is 5.78 Å². The maximum atomic E-state index is 11.7. The summed E-state index contributed by atoms with van der Waals surface area (Å²) in [4.78, 5) is 16.1. The summed E-state index contributed by atoms with van der Waals surface area (Å²) in [6, 6.07) is 0. The Morgan fingerprint density at radius 2 is 1.94 bits per heavy atom. The van der Waals surface area contributed by atoms with Crippen molar-refractivity contribution < 1.29 is 9.32 Å². The van der Waals surface area contributed by atoms with Crippen molar-refractivity contribution >= 4 is 5.78 Å². The van der Waals surface area contributed by atoms with Gasteiger partial charge in [0.15, 0.2) is 5.82 Å². The molecule has 3 rings (SSSR count). The number of carbonyl (C=O) groups is 1. The third kappa shape index (κ3) is 2.62. The third-order valence-corrected chi connectivity index (χ3v) is 4.22. The van der Waals surface area contributed by atoms with Crippen molar-refractivity contribution in [3.8, 4) is 0 Å². The Hall–Kier alpha value is -1.19. The molecule has 2 aliphatic carbocycles. The molecule has 98 valence electrons. The van der Waals surface area contributed by atoms with E-state index in [4.69, 9.17) is 4.52 Å². The minimum Gasteiger partial charge on any atom is -0.339 e. The van der Waals surface area contributed by atoms with E-state index in [-0.39, 0.29) is 11.7 Å². The Morgan fingerprint density at radius 3 is 2.61 bits per heavy atom. The molecule has 0 saturated heterocycles. The smallest absolute Gasteiger partial charge is 0.234 e. The molecule has 0 radical (unpaired) electrons. The first-order valence-electron chi connectivity index (χ1n) is 7.07. The van der Waals surface area contributed by atoms with Crippen molar-refractivity contribution in [1.82, 2.24) is 10.1 Å². The van der Waals surface area contributed by atoms with Gasteiger partial charge in [-0.3, -0.25) is 4.79 Å². The molecule has 0 amide bonds. The number of Topliss-reactive ketones (excluding diaryl/α,β-unsaturated/α-hetero) is 1. The first kappa shape index (κ1) is 11.9. The van der Waals surface area contributed by atoms with E-state index in [9.17, 15) is 4.79 Å². The van der Waals surface area contributed by atoms with E-state index in [1.54, 1.807) is 0 Å². The van der Waals surface area contributed by atoms with E-state index < -0.39 is 0 Å². The second-order valence-electron chi connectivity index (χ2n) is 5.92. The van der Waals surface area contributed by atoms with Crippen LogP contribution in [0.5, 0.6) is 0 Å². The fourth-order valence-corrected chi connectivity index (χ4v) is 2.72. The van der Waals surface area contributed by atoms with Crippen molar-refractivity contribution in [2.75, 3.05) is 0 Å². The predicted molar refractivity (Wildman–Crippen MR) is 66.1 cm³/mol. The molecule has 2 aliphatic rings. The summed E-state index contributed by atoms with van der Waals surface area (Å²) in [7, 11) is 0. The van der Waals surface area contributed by atoms with E-state index in [1.165, 1.54) is 12.8 Å². The SMILES string of the molecule is CC1CCC(c2noc(CC(=O)C3CC3)n2)CC1. The molecule has 0 N–H and O–H groups in total. The lowest BCUT2D eigenvalue weighted by Crippen LogP contribution is -2.12. The van der Waals surface area contributed by atoms with Crippen LogP contribution < -0.4 is 0 Å².